The molecule has 1 heterocycles. The number of amides is 1. The monoisotopic (exact) mass is 491 g/mol. The Hall–Kier alpha value is -4.02. The molecule has 0 aliphatic rings. The van der Waals surface area contributed by atoms with Crippen LogP contribution in [0.3, 0.4) is 0 Å². The van der Waals surface area contributed by atoms with E-state index in [1.165, 1.54) is 42.2 Å². The van der Waals surface area contributed by atoms with E-state index in [1.807, 2.05) is 0 Å². The van der Waals surface area contributed by atoms with Gasteiger partial charge in [0, 0.05) is 24.8 Å². The molecule has 11 heteroatoms. The highest BCUT2D eigenvalue weighted by Crippen LogP contribution is 2.30. The van der Waals surface area contributed by atoms with Gasteiger partial charge < -0.3 is 9.64 Å². The summed E-state index contributed by atoms with van der Waals surface area (Å²) in [7, 11) is 0. The Kier molecular flexibility index (Phi) is 7.68. The third-order valence-corrected chi connectivity index (χ3v) is 5.04. The van der Waals surface area contributed by atoms with Gasteiger partial charge in [-0.15, -0.1) is 0 Å². The number of aryl methyl sites for hydroxylation is 1. The van der Waals surface area contributed by atoms with Crippen molar-refractivity contribution in [3.05, 3.63) is 93.2 Å². The molecule has 3 rings (SSSR count). The van der Waals surface area contributed by atoms with Gasteiger partial charge in [-0.1, -0.05) is 18.2 Å². The number of hydrogen-bond acceptors (Lipinski definition) is 5. The second-order valence-corrected chi connectivity index (χ2v) is 7.57. The molecule has 0 radical (unpaired) electrons. The third-order valence-electron chi connectivity index (χ3n) is 5.04. The smallest absolute Gasteiger partial charge is 0.416 e. The largest absolute Gasteiger partial charge is 0.451 e. The SMILES string of the molecule is CCN(Cc1cccc(F)c1)C(=O)COC(=O)c1nn(-c2cccc(C(F)(F)F)c2)c(C)cc1=O. The summed E-state index contributed by atoms with van der Waals surface area (Å²) < 4.78 is 58.6. The molecule has 0 saturated carbocycles. The van der Waals surface area contributed by atoms with Crippen molar-refractivity contribution in [2.45, 2.75) is 26.6 Å². The van der Waals surface area contributed by atoms with Crippen molar-refractivity contribution in [2.24, 2.45) is 0 Å². The van der Waals surface area contributed by atoms with Crippen LogP contribution in [0.1, 0.15) is 34.2 Å². The summed E-state index contributed by atoms with van der Waals surface area (Å²) >= 11 is 0. The normalized spacial score (nSPS) is 11.3. The number of likely N-dealkylation sites (N-methyl/N-ethyl adjacent to an activating group) is 1. The molecule has 0 N–H and O–H groups in total. The first-order chi connectivity index (χ1) is 16.5. The molecule has 0 bridgehead atoms. The summed E-state index contributed by atoms with van der Waals surface area (Å²) in [5, 5.41) is 3.88. The zero-order valence-corrected chi connectivity index (χ0v) is 18.8. The highest BCUT2D eigenvalue weighted by Gasteiger charge is 2.30. The summed E-state index contributed by atoms with van der Waals surface area (Å²) in [6, 6.07) is 10.9. The Labute approximate surface area is 197 Å². The van der Waals surface area contributed by atoms with Crippen LogP contribution in [0, 0.1) is 12.7 Å². The molecule has 0 aliphatic carbocycles. The lowest BCUT2D eigenvalue weighted by Crippen LogP contribution is -2.35. The van der Waals surface area contributed by atoms with Crippen LogP contribution in [-0.2, 0) is 22.3 Å². The molecule has 184 valence electrons. The Morgan fingerprint density at radius 3 is 2.46 bits per heavy atom. The van der Waals surface area contributed by atoms with Gasteiger partial charge in [0.2, 0.25) is 11.1 Å². The number of halogens is 4. The van der Waals surface area contributed by atoms with E-state index in [0.29, 0.717) is 5.56 Å². The van der Waals surface area contributed by atoms with Gasteiger partial charge in [-0.3, -0.25) is 9.59 Å². The lowest BCUT2D eigenvalue weighted by atomic mass is 10.2. The maximum absolute atomic E-state index is 13.4. The van der Waals surface area contributed by atoms with E-state index in [4.69, 9.17) is 4.74 Å². The number of benzene rings is 2. The van der Waals surface area contributed by atoms with E-state index in [9.17, 15) is 31.9 Å². The molecule has 35 heavy (non-hydrogen) atoms. The molecule has 1 aromatic heterocycles. The summed E-state index contributed by atoms with van der Waals surface area (Å²) in [5.74, 6) is -2.25. The number of hydrogen-bond donors (Lipinski definition) is 0. The van der Waals surface area contributed by atoms with Crippen molar-refractivity contribution >= 4 is 11.9 Å². The van der Waals surface area contributed by atoms with Crippen molar-refractivity contribution in [3.63, 3.8) is 0 Å². The number of ether oxygens (including phenoxy) is 1. The van der Waals surface area contributed by atoms with Crippen LogP contribution in [0.25, 0.3) is 5.69 Å². The number of alkyl halides is 3. The van der Waals surface area contributed by atoms with Crippen LogP contribution < -0.4 is 5.43 Å². The van der Waals surface area contributed by atoms with E-state index in [-0.39, 0.29) is 24.5 Å². The average Bonchev–Trinajstić information content (AvgIpc) is 2.80. The van der Waals surface area contributed by atoms with E-state index in [2.05, 4.69) is 5.10 Å². The lowest BCUT2D eigenvalue weighted by molar-refractivity contribution is -0.137. The number of aromatic nitrogens is 2. The van der Waals surface area contributed by atoms with Crippen LogP contribution in [0.15, 0.2) is 59.4 Å². The lowest BCUT2D eigenvalue weighted by Gasteiger charge is -2.21. The molecule has 0 unspecified atom stereocenters. The molecule has 0 fully saturated rings. The van der Waals surface area contributed by atoms with Gasteiger partial charge in [-0.05, 0) is 49.7 Å². The van der Waals surface area contributed by atoms with Gasteiger partial charge in [0.25, 0.3) is 5.91 Å². The number of rotatable bonds is 7. The molecule has 3 aromatic rings. The minimum atomic E-state index is -4.60. The second kappa shape index (κ2) is 10.5. The maximum atomic E-state index is 13.4. The second-order valence-electron chi connectivity index (χ2n) is 7.57. The van der Waals surface area contributed by atoms with Gasteiger partial charge in [0.05, 0.1) is 11.3 Å². The minimum absolute atomic E-state index is 0.0188. The van der Waals surface area contributed by atoms with E-state index in [0.717, 1.165) is 22.9 Å². The Morgan fingerprint density at radius 1 is 1.09 bits per heavy atom. The molecular weight excluding hydrogens is 470 g/mol. The molecule has 0 aliphatic heterocycles. The van der Waals surface area contributed by atoms with Crippen LogP contribution in [0.5, 0.6) is 0 Å². The highest BCUT2D eigenvalue weighted by molar-refractivity contribution is 5.89. The van der Waals surface area contributed by atoms with Crippen molar-refractivity contribution in [1.82, 2.24) is 14.7 Å². The first-order valence-corrected chi connectivity index (χ1v) is 10.5. The van der Waals surface area contributed by atoms with Gasteiger partial charge in [0.15, 0.2) is 6.61 Å². The maximum Gasteiger partial charge on any atom is 0.416 e. The predicted molar refractivity (Wildman–Crippen MR) is 117 cm³/mol. The van der Waals surface area contributed by atoms with Crippen LogP contribution in [-0.4, -0.2) is 39.7 Å². The molecule has 0 saturated heterocycles. The highest BCUT2D eigenvalue weighted by atomic mass is 19.4. The van der Waals surface area contributed by atoms with Gasteiger partial charge >= 0.3 is 12.1 Å². The quantitative estimate of drug-likeness (QED) is 0.370. The number of esters is 1. The van der Waals surface area contributed by atoms with Crippen molar-refractivity contribution in [3.8, 4) is 5.69 Å². The molecule has 0 spiro atoms. The van der Waals surface area contributed by atoms with Crippen LogP contribution in [0.4, 0.5) is 17.6 Å². The van der Waals surface area contributed by atoms with E-state index >= 15 is 0 Å². The predicted octanol–water partition coefficient (Wildman–Crippen LogP) is 3.90. The standard InChI is InChI=1S/C24H21F4N3O4/c1-3-30(13-16-6-4-8-18(25)11-16)21(33)14-35-23(34)22-20(32)10-15(2)31(29-22)19-9-5-7-17(12-19)24(26,27)28/h4-12H,3,13-14H2,1-2H3. The van der Waals surface area contributed by atoms with Gasteiger partial charge in [-0.25, -0.2) is 13.9 Å². The topological polar surface area (TPSA) is 81.5 Å². The fourth-order valence-corrected chi connectivity index (χ4v) is 3.28. The molecule has 1 amide bonds. The Morgan fingerprint density at radius 2 is 1.80 bits per heavy atom. The number of carbonyl (C=O) groups is 2. The summed E-state index contributed by atoms with van der Waals surface area (Å²) in [6.45, 7) is 2.75. The Balaban J connectivity index is 1.77. The van der Waals surface area contributed by atoms with E-state index < -0.39 is 47.2 Å². The van der Waals surface area contributed by atoms with Crippen LogP contribution >= 0.6 is 0 Å². The van der Waals surface area contributed by atoms with Crippen molar-refractivity contribution in [1.29, 1.82) is 0 Å². The fourth-order valence-electron chi connectivity index (χ4n) is 3.28. The number of carbonyl (C=O) groups excluding carboxylic acids is 2. The molecule has 7 nitrogen and oxygen atoms in total. The van der Waals surface area contributed by atoms with Crippen molar-refractivity contribution in [2.75, 3.05) is 13.2 Å². The molecule has 0 atom stereocenters. The van der Waals surface area contributed by atoms with Gasteiger partial charge in [-0.2, -0.15) is 18.3 Å². The first kappa shape index (κ1) is 25.6. The summed E-state index contributed by atoms with van der Waals surface area (Å²) in [5.41, 5.74) is -1.72. The molecular formula is C24H21F4N3O4. The summed E-state index contributed by atoms with van der Waals surface area (Å²) in [4.78, 5) is 38.6. The zero-order valence-electron chi connectivity index (χ0n) is 18.8. The summed E-state index contributed by atoms with van der Waals surface area (Å²) in [6.07, 6.45) is -4.60. The molecule has 2 aromatic carbocycles. The number of nitrogens with zero attached hydrogens (tertiary/aromatic N) is 3. The zero-order chi connectivity index (χ0) is 25.8. The van der Waals surface area contributed by atoms with Crippen molar-refractivity contribution < 1.29 is 31.9 Å². The van der Waals surface area contributed by atoms with E-state index in [1.54, 1.807) is 13.0 Å². The Bertz CT molecular complexity index is 1300. The first-order valence-electron chi connectivity index (χ1n) is 10.5. The van der Waals surface area contributed by atoms with Gasteiger partial charge in [0.1, 0.15) is 5.82 Å². The fraction of sp³-hybridized carbons (Fsp3) is 0.250. The van der Waals surface area contributed by atoms with Crippen LogP contribution in [0.2, 0.25) is 0 Å². The average molecular weight is 491 g/mol. The minimum Gasteiger partial charge on any atom is -0.451 e. The third kappa shape index (κ3) is 6.31.